The average molecular weight is 252 g/mol. The van der Waals surface area contributed by atoms with Crippen LogP contribution in [0.15, 0.2) is 6.07 Å². The van der Waals surface area contributed by atoms with Crippen LogP contribution in [0.25, 0.3) is 0 Å². The number of nitrogens with one attached hydrogen (secondary N) is 1. The van der Waals surface area contributed by atoms with E-state index in [0.29, 0.717) is 17.6 Å². The lowest BCUT2D eigenvalue weighted by Gasteiger charge is -2.16. The topological polar surface area (TPSA) is 55.1 Å². The molecule has 17 heavy (non-hydrogen) atoms. The molecule has 0 saturated heterocycles. The van der Waals surface area contributed by atoms with Crippen molar-refractivity contribution in [2.24, 2.45) is 11.8 Å². The van der Waals surface area contributed by atoms with Crippen molar-refractivity contribution < 1.29 is 4.79 Å². The van der Waals surface area contributed by atoms with Gasteiger partial charge in [0.1, 0.15) is 0 Å². The normalized spacial score (nSPS) is 17.2. The average Bonchev–Trinajstić information content (AvgIpc) is 3.03. The highest BCUT2D eigenvalue weighted by Gasteiger charge is 2.32. The molecule has 4 heteroatoms. The number of ketones is 1. The molecular formula is C13H20N2OS. The summed E-state index contributed by atoms with van der Waals surface area (Å²) in [7, 11) is 0. The van der Waals surface area contributed by atoms with Crippen molar-refractivity contribution in [3.8, 4) is 0 Å². The fraction of sp³-hybridized carbons (Fsp3) is 0.615. The van der Waals surface area contributed by atoms with Gasteiger partial charge in [-0.2, -0.15) is 0 Å². The number of Topliss-reactive ketones (excluding diaryl/α,β-unsaturated/α-hetero) is 1. The summed E-state index contributed by atoms with van der Waals surface area (Å²) in [5, 5.41) is 4.41. The van der Waals surface area contributed by atoms with Gasteiger partial charge in [0.15, 0.2) is 5.78 Å². The minimum absolute atomic E-state index is 0.234. The van der Waals surface area contributed by atoms with E-state index in [2.05, 4.69) is 26.1 Å². The number of nitrogen functional groups attached to an aromatic ring is 1. The van der Waals surface area contributed by atoms with Crippen LogP contribution in [-0.4, -0.2) is 11.8 Å². The summed E-state index contributed by atoms with van der Waals surface area (Å²) in [5.41, 5.74) is 6.54. The lowest BCUT2D eigenvalue weighted by molar-refractivity contribution is 0.0972. The first-order valence-electron chi connectivity index (χ1n) is 6.19. The Morgan fingerprint density at radius 2 is 2.12 bits per heavy atom. The van der Waals surface area contributed by atoms with Gasteiger partial charge in [0.2, 0.25) is 0 Å². The fourth-order valence-electron chi connectivity index (χ4n) is 1.59. The summed E-state index contributed by atoms with van der Waals surface area (Å²) in [6.07, 6.45) is 2.06. The summed E-state index contributed by atoms with van der Waals surface area (Å²) in [4.78, 5) is 12.7. The first-order chi connectivity index (χ1) is 7.99. The van der Waals surface area contributed by atoms with Crippen molar-refractivity contribution in [3.63, 3.8) is 0 Å². The van der Waals surface area contributed by atoms with Crippen LogP contribution in [0.3, 0.4) is 0 Å². The number of hydrogen-bond acceptors (Lipinski definition) is 4. The molecule has 1 aliphatic carbocycles. The molecule has 1 aromatic rings. The zero-order chi connectivity index (χ0) is 12.6. The van der Waals surface area contributed by atoms with Crippen LogP contribution in [0.5, 0.6) is 0 Å². The number of anilines is 2. The number of rotatable bonds is 5. The molecule has 0 aromatic carbocycles. The van der Waals surface area contributed by atoms with Crippen LogP contribution in [0.1, 0.15) is 43.3 Å². The van der Waals surface area contributed by atoms with Gasteiger partial charge >= 0.3 is 0 Å². The molecule has 3 N–H and O–H groups in total. The third-order valence-electron chi connectivity index (χ3n) is 3.30. The second kappa shape index (κ2) is 4.69. The predicted molar refractivity (Wildman–Crippen MR) is 73.7 cm³/mol. The largest absolute Gasteiger partial charge is 0.397 e. The van der Waals surface area contributed by atoms with Gasteiger partial charge in [-0.05, 0) is 31.7 Å². The van der Waals surface area contributed by atoms with E-state index in [1.807, 2.05) is 6.07 Å². The van der Waals surface area contributed by atoms with Crippen LogP contribution in [0.4, 0.5) is 10.7 Å². The molecule has 1 atom stereocenters. The molecule has 1 aromatic heterocycles. The van der Waals surface area contributed by atoms with Crippen molar-refractivity contribution in [3.05, 3.63) is 10.9 Å². The Morgan fingerprint density at radius 1 is 1.47 bits per heavy atom. The van der Waals surface area contributed by atoms with Crippen molar-refractivity contribution in [1.82, 2.24) is 0 Å². The molecule has 94 valence electrons. The number of carbonyl (C=O) groups is 1. The molecular weight excluding hydrogens is 232 g/mol. The summed E-state index contributed by atoms with van der Waals surface area (Å²) in [6, 6.07) is 2.27. The summed E-state index contributed by atoms with van der Waals surface area (Å²) in [5.74, 6) is 1.03. The van der Waals surface area contributed by atoms with E-state index in [-0.39, 0.29) is 11.7 Å². The number of thiophene rings is 1. The van der Waals surface area contributed by atoms with Gasteiger partial charge in [-0.1, -0.05) is 13.8 Å². The van der Waals surface area contributed by atoms with E-state index < -0.39 is 0 Å². The van der Waals surface area contributed by atoms with Gasteiger partial charge in [-0.3, -0.25) is 4.79 Å². The quantitative estimate of drug-likeness (QED) is 0.790. The highest BCUT2D eigenvalue weighted by molar-refractivity contribution is 7.18. The zero-order valence-electron chi connectivity index (χ0n) is 10.6. The molecule has 1 saturated carbocycles. The molecule has 3 nitrogen and oxygen atoms in total. The van der Waals surface area contributed by atoms with E-state index in [1.54, 1.807) is 0 Å². The Hall–Kier alpha value is -1.03. The van der Waals surface area contributed by atoms with Crippen LogP contribution in [0.2, 0.25) is 0 Å². The first kappa shape index (κ1) is 12.4. The molecule has 0 amide bonds. The Balaban J connectivity index is 2.10. The van der Waals surface area contributed by atoms with Crippen LogP contribution in [0, 0.1) is 11.8 Å². The van der Waals surface area contributed by atoms with E-state index in [1.165, 1.54) is 11.3 Å². The van der Waals surface area contributed by atoms with Crippen LogP contribution >= 0.6 is 11.3 Å². The molecule has 0 radical (unpaired) electrons. The third kappa shape index (κ3) is 2.80. The maximum atomic E-state index is 12.0. The number of hydrogen-bond donors (Lipinski definition) is 2. The Morgan fingerprint density at radius 3 is 2.65 bits per heavy atom. The maximum Gasteiger partial charge on any atom is 0.178 e. The van der Waals surface area contributed by atoms with Gasteiger partial charge < -0.3 is 11.1 Å². The fourth-order valence-corrected chi connectivity index (χ4v) is 2.69. The molecule has 0 spiro atoms. The van der Waals surface area contributed by atoms with Gasteiger partial charge in [0.25, 0.3) is 0 Å². The number of nitrogens with two attached hydrogens (primary N) is 1. The Kier molecular flexibility index (Phi) is 3.43. The first-order valence-corrected chi connectivity index (χ1v) is 7.00. The third-order valence-corrected chi connectivity index (χ3v) is 4.40. The van der Waals surface area contributed by atoms with E-state index in [9.17, 15) is 4.79 Å². The summed E-state index contributed by atoms with van der Waals surface area (Å²) < 4.78 is 0. The van der Waals surface area contributed by atoms with Gasteiger partial charge in [-0.15, -0.1) is 11.3 Å². The minimum atomic E-state index is 0.234. The molecule has 1 unspecified atom stereocenters. The Labute approximate surface area is 106 Å². The van der Waals surface area contributed by atoms with E-state index in [4.69, 9.17) is 5.73 Å². The smallest absolute Gasteiger partial charge is 0.178 e. The SMILES string of the molecule is CC(C)C(C)Nc1cc(N)c(C(=O)C2CC2)s1. The predicted octanol–water partition coefficient (Wildman–Crippen LogP) is 3.38. The van der Waals surface area contributed by atoms with Crippen molar-refractivity contribution in [1.29, 1.82) is 0 Å². The van der Waals surface area contributed by atoms with Crippen molar-refractivity contribution in [2.75, 3.05) is 11.1 Å². The minimum Gasteiger partial charge on any atom is -0.397 e. The van der Waals surface area contributed by atoms with Crippen molar-refractivity contribution >= 4 is 27.8 Å². The van der Waals surface area contributed by atoms with E-state index in [0.717, 1.165) is 22.7 Å². The molecule has 1 heterocycles. The van der Waals surface area contributed by atoms with Crippen LogP contribution < -0.4 is 11.1 Å². The summed E-state index contributed by atoms with van der Waals surface area (Å²) >= 11 is 1.50. The van der Waals surface area contributed by atoms with Crippen LogP contribution in [-0.2, 0) is 0 Å². The van der Waals surface area contributed by atoms with Crippen molar-refractivity contribution in [2.45, 2.75) is 39.7 Å². The van der Waals surface area contributed by atoms with Gasteiger partial charge in [0, 0.05) is 12.0 Å². The Bertz CT molecular complexity index is 421. The molecule has 1 aliphatic rings. The molecule has 0 aliphatic heterocycles. The zero-order valence-corrected chi connectivity index (χ0v) is 11.4. The molecule has 0 bridgehead atoms. The second-order valence-electron chi connectivity index (χ2n) is 5.21. The molecule has 2 rings (SSSR count). The lowest BCUT2D eigenvalue weighted by Crippen LogP contribution is -2.20. The summed E-state index contributed by atoms with van der Waals surface area (Å²) in [6.45, 7) is 6.48. The lowest BCUT2D eigenvalue weighted by atomic mass is 10.1. The highest BCUT2D eigenvalue weighted by atomic mass is 32.1. The highest BCUT2D eigenvalue weighted by Crippen LogP contribution is 2.38. The molecule has 1 fully saturated rings. The van der Waals surface area contributed by atoms with E-state index >= 15 is 0 Å². The monoisotopic (exact) mass is 252 g/mol. The number of carbonyl (C=O) groups excluding carboxylic acids is 1. The van der Waals surface area contributed by atoms with Gasteiger partial charge in [0.05, 0.1) is 15.6 Å². The van der Waals surface area contributed by atoms with Gasteiger partial charge in [-0.25, -0.2) is 0 Å². The maximum absolute atomic E-state index is 12.0. The standard InChI is InChI=1S/C13H20N2OS/c1-7(2)8(3)15-11-6-10(14)13(17-11)12(16)9-4-5-9/h6-9,15H,4-5,14H2,1-3H3. The second-order valence-corrected chi connectivity index (χ2v) is 6.26.